The molecule has 0 saturated heterocycles. The van der Waals surface area contributed by atoms with Crippen LogP contribution in [0.2, 0.25) is 0 Å². The summed E-state index contributed by atoms with van der Waals surface area (Å²) in [7, 11) is 0. The maximum atomic E-state index is 6.48. The van der Waals surface area contributed by atoms with Crippen LogP contribution in [0.25, 0.3) is 93.8 Å². The molecular weight excluding hydrogens is 817 g/mol. The molecule has 1 aliphatic carbocycles. The molecule has 0 spiro atoms. The van der Waals surface area contributed by atoms with Gasteiger partial charge in [-0.25, -0.2) is 15.0 Å². The monoisotopic (exact) mass is 858 g/mol. The summed E-state index contributed by atoms with van der Waals surface area (Å²) < 4.78 is 6.48. The second-order valence-electron chi connectivity index (χ2n) is 17.5. The maximum Gasteiger partial charge on any atom is 0.196 e. The number of benzene rings is 9. The summed E-state index contributed by atoms with van der Waals surface area (Å²) in [6.45, 7) is 0. The van der Waals surface area contributed by atoms with Crippen LogP contribution in [0.3, 0.4) is 0 Å². The molecule has 67 heavy (non-hydrogen) atoms. The first-order chi connectivity index (χ1) is 33.2. The van der Waals surface area contributed by atoms with Crippen LogP contribution < -0.4 is 10.1 Å². The molecule has 5 nitrogen and oxygen atoms in total. The van der Waals surface area contributed by atoms with Gasteiger partial charge < -0.3 is 10.1 Å². The van der Waals surface area contributed by atoms with Gasteiger partial charge in [0, 0.05) is 49.9 Å². The lowest BCUT2D eigenvalue weighted by Gasteiger charge is -2.20. The Balaban J connectivity index is 0.886. The van der Waals surface area contributed by atoms with E-state index in [9.17, 15) is 0 Å². The lowest BCUT2D eigenvalue weighted by atomic mass is 9.86. The average Bonchev–Trinajstić information content (AvgIpc) is 3.86. The summed E-state index contributed by atoms with van der Waals surface area (Å²) in [6.07, 6.45) is 7.55. The van der Waals surface area contributed by atoms with Crippen LogP contribution in [0.5, 0.6) is 5.75 Å². The van der Waals surface area contributed by atoms with Gasteiger partial charge in [-0.2, -0.15) is 0 Å². The largest absolute Gasteiger partial charge is 0.464 e. The minimum atomic E-state index is -0.255. The number of anilines is 1. The number of fused-ring (bicyclic) bond motifs is 7. The Hall–Kier alpha value is -8.67. The van der Waals surface area contributed by atoms with Gasteiger partial charge in [0.2, 0.25) is 0 Å². The van der Waals surface area contributed by atoms with Crippen molar-refractivity contribution in [3.05, 3.63) is 241 Å². The summed E-state index contributed by atoms with van der Waals surface area (Å²) in [4.78, 5) is 16.1. The van der Waals surface area contributed by atoms with Crippen LogP contribution in [0.15, 0.2) is 224 Å². The minimum absolute atomic E-state index is 0.201. The topological polar surface area (TPSA) is 59.9 Å². The second kappa shape index (κ2) is 16.1. The standard InChI is InChI=1S/C62H42N4O/c1-3-15-45(16-4-1)61-64-58(49-33-27-39-13-7-9-19-47(39)37-49)55(59(65-61)50-34-28-40-14-8-10-20-48(40)38-50)43-29-23-41(24-30-43)42-25-31-44(32-26-42)57-52-35-36-54-60(56(52)51-21-11-12-22-53(51)63-57)66-62(67-54)46-17-5-2-6-18-46/h1-25,27-38,42,62,66H,26H2. The molecule has 5 heteroatoms. The molecule has 0 saturated carbocycles. The van der Waals surface area contributed by atoms with E-state index in [4.69, 9.17) is 19.7 Å². The van der Waals surface area contributed by atoms with Crippen molar-refractivity contribution in [1.29, 1.82) is 0 Å². The number of hydrogen-bond acceptors (Lipinski definition) is 5. The van der Waals surface area contributed by atoms with E-state index in [0.29, 0.717) is 5.82 Å². The van der Waals surface area contributed by atoms with Crippen molar-refractivity contribution in [2.75, 3.05) is 5.32 Å². The molecule has 2 aliphatic rings. The van der Waals surface area contributed by atoms with Crippen molar-refractivity contribution >= 4 is 54.5 Å². The number of aromatic nitrogens is 3. The summed E-state index contributed by atoms with van der Waals surface area (Å²) in [5, 5.41) is 11.8. The summed E-state index contributed by atoms with van der Waals surface area (Å²) in [6, 6.07) is 72.8. The molecule has 2 aromatic heterocycles. The van der Waals surface area contributed by atoms with Gasteiger partial charge in [-0.05, 0) is 75.0 Å². The Labute approximate surface area is 388 Å². The molecule has 0 radical (unpaired) electrons. The van der Waals surface area contributed by atoms with Crippen LogP contribution in [0.4, 0.5) is 5.69 Å². The van der Waals surface area contributed by atoms with E-state index >= 15 is 0 Å². The Morgan fingerprint density at radius 1 is 0.463 bits per heavy atom. The fourth-order valence-corrected chi connectivity index (χ4v) is 10.0. The molecule has 0 fully saturated rings. The third kappa shape index (κ3) is 6.91. The van der Waals surface area contributed by atoms with E-state index in [0.717, 1.165) is 95.6 Å². The smallest absolute Gasteiger partial charge is 0.196 e. The third-order valence-electron chi connectivity index (χ3n) is 13.4. The molecule has 2 atom stereocenters. The number of nitrogens with zero attached hydrogens (tertiary/aromatic N) is 3. The Morgan fingerprint density at radius 3 is 1.75 bits per heavy atom. The predicted octanol–water partition coefficient (Wildman–Crippen LogP) is 15.8. The lowest BCUT2D eigenvalue weighted by Crippen LogP contribution is -2.09. The van der Waals surface area contributed by atoms with Crippen LogP contribution in [0.1, 0.15) is 35.4 Å². The zero-order chi connectivity index (χ0) is 44.3. The molecule has 0 bridgehead atoms. The van der Waals surface area contributed by atoms with Crippen LogP contribution in [-0.2, 0) is 0 Å². The van der Waals surface area contributed by atoms with Crippen molar-refractivity contribution in [2.24, 2.45) is 0 Å². The van der Waals surface area contributed by atoms with E-state index in [1.807, 2.05) is 24.3 Å². The number of ether oxygens (including phenoxy) is 1. The molecule has 3 heterocycles. The van der Waals surface area contributed by atoms with Crippen molar-refractivity contribution < 1.29 is 4.74 Å². The first-order valence-electron chi connectivity index (χ1n) is 23.0. The molecule has 1 N–H and O–H groups in total. The Kier molecular flexibility index (Phi) is 9.31. The second-order valence-corrected chi connectivity index (χ2v) is 17.5. The van der Waals surface area contributed by atoms with Crippen molar-refractivity contribution in [3.63, 3.8) is 0 Å². The molecule has 0 amide bonds. The molecule has 2 unspecified atom stereocenters. The van der Waals surface area contributed by atoms with Crippen molar-refractivity contribution in [1.82, 2.24) is 15.0 Å². The zero-order valence-corrected chi connectivity index (χ0v) is 36.5. The number of nitrogens with one attached hydrogen (secondary N) is 1. The van der Waals surface area contributed by atoms with Gasteiger partial charge in [-0.1, -0.05) is 194 Å². The Bertz CT molecular complexity index is 3690. The van der Waals surface area contributed by atoms with Gasteiger partial charge in [-0.3, -0.25) is 0 Å². The number of rotatable bonds is 7. The quantitative estimate of drug-likeness (QED) is 0.162. The highest BCUT2D eigenvalue weighted by Gasteiger charge is 2.28. The molecule has 13 rings (SSSR count). The van der Waals surface area contributed by atoms with Crippen molar-refractivity contribution in [2.45, 2.75) is 18.6 Å². The lowest BCUT2D eigenvalue weighted by molar-refractivity contribution is 0.260. The number of hydrogen-bond donors (Lipinski definition) is 1. The first kappa shape index (κ1) is 38.8. The molecular formula is C62H42N4O. The highest BCUT2D eigenvalue weighted by Crippen LogP contribution is 2.47. The average molecular weight is 859 g/mol. The SMILES string of the molecule is C1=CC(c2ccc(-c3c(-c4ccc5ccccc5c4)nc(-c4ccccc4)nc3-c3ccc4ccccc4c3)cc2)CC=C1c1nc2ccccc2c2c3c(ccc12)OC(c1ccccc1)N3. The van der Waals surface area contributed by atoms with Gasteiger partial charge in [0.25, 0.3) is 0 Å². The number of para-hydroxylation sites is 1. The van der Waals surface area contributed by atoms with Crippen LogP contribution in [0, 0.1) is 0 Å². The summed E-state index contributed by atoms with van der Waals surface area (Å²) >= 11 is 0. The maximum absolute atomic E-state index is 6.48. The first-order valence-corrected chi connectivity index (χ1v) is 23.0. The van der Waals surface area contributed by atoms with Crippen LogP contribution >= 0.6 is 0 Å². The van der Waals surface area contributed by atoms with E-state index in [1.165, 1.54) is 27.1 Å². The normalized spacial score (nSPS) is 15.4. The fourth-order valence-electron chi connectivity index (χ4n) is 10.0. The van der Waals surface area contributed by atoms with E-state index in [-0.39, 0.29) is 12.1 Å². The summed E-state index contributed by atoms with van der Waals surface area (Å²) in [5.74, 6) is 1.75. The highest BCUT2D eigenvalue weighted by molar-refractivity contribution is 6.17. The van der Waals surface area contributed by atoms with Gasteiger partial charge in [-0.15, -0.1) is 0 Å². The van der Waals surface area contributed by atoms with Gasteiger partial charge in [0.05, 0.1) is 28.3 Å². The van der Waals surface area contributed by atoms with Gasteiger partial charge >= 0.3 is 0 Å². The third-order valence-corrected chi connectivity index (χ3v) is 13.4. The molecule has 1 aliphatic heterocycles. The van der Waals surface area contributed by atoms with Crippen LogP contribution in [-0.4, -0.2) is 15.0 Å². The zero-order valence-electron chi connectivity index (χ0n) is 36.5. The van der Waals surface area contributed by atoms with E-state index in [2.05, 4.69) is 206 Å². The van der Waals surface area contributed by atoms with Crippen molar-refractivity contribution in [3.8, 4) is 50.8 Å². The number of pyridine rings is 1. The molecule has 316 valence electrons. The molecule has 11 aromatic rings. The predicted molar refractivity (Wildman–Crippen MR) is 276 cm³/mol. The highest BCUT2D eigenvalue weighted by atomic mass is 16.5. The van der Waals surface area contributed by atoms with Gasteiger partial charge in [0.1, 0.15) is 5.75 Å². The summed E-state index contributed by atoms with van der Waals surface area (Å²) in [5.41, 5.74) is 13.4. The van der Waals surface area contributed by atoms with E-state index < -0.39 is 0 Å². The number of allylic oxidation sites excluding steroid dienone is 4. The van der Waals surface area contributed by atoms with E-state index in [1.54, 1.807) is 0 Å². The van der Waals surface area contributed by atoms with Gasteiger partial charge in [0.15, 0.2) is 12.1 Å². The Morgan fingerprint density at radius 2 is 1.07 bits per heavy atom. The minimum Gasteiger partial charge on any atom is -0.464 e. The molecule has 9 aromatic carbocycles. The fraction of sp³-hybridized carbons (Fsp3) is 0.0484.